The van der Waals surface area contributed by atoms with Crippen LogP contribution < -0.4 is 35.0 Å². The summed E-state index contributed by atoms with van der Waals surface area (Å²) in [5.41, 5.74) is 5.26. The van der Waals surface area contributed by atoms with Crippen LogP contribution in [0.15, 0.2) is 54.7 Å². The van der Waals surface area contributed by atoms with Crippen molar-refractivity contribution in [1.82, 2.24) is 30.0 Å². The monoisotopic (exact) mass is 903 g/mol. The van der Waals surface area contributed by atoms with Gasteiger partial charge in [-0.1, -0.05) is 29.8 Å². The topological polar surface area (TPSA) is 191 Å². The van der Waals surface area contributed by atoms with E-state index in [2.05, 4.69) is 51.4 Å². The second-order valence-electron chi connectivity index (χ2n) is 16.4. The van der Waals surface area contributed by atoms with Gasteiger partial charge in [-0.25, -0.2) is 13.4 Å². The number of anilines is 6. The van der Waals surface area contributed by atoms with Crippen LogP contribution in [0.5, 0.6) is 11.5 Å². The number of carbonyl (C=O) groups is 3. The molecule has 19 heteroatoms. The summed E-state index contributed by atoms with van der Waals surface area (Å²) in [6.45, 7) is 8.62. The lowest BCUT2D eigenvalue weighted by Crippen LogP contribution is -2.53. The minimum atomic E-state index is -3.68. The third-order valence-electron chi connectivity index (χ3n) is 12.2. The number of nitrogens with one attached hydrogen (secondary N) is 4. The Kier molecular flexibility index (Phi) is 11.8. The van der Waals surface area contributed by atoms with Crippen LogP contribution in [-0.4, -0.2) is 129 Å². The molecule has 334 valence electrons. The van der Waals surface area contributed by atoms with Crippen molar-refractivity contribution in [2.45, 2.75) is 57.7 Å². The Bertz CT molecular complexity index is 2630. The number of piperidine rings is 2. The Morgan fingerprint density at radius 1 is 0.952 bits per heavy atom. The lowest BCUT2D eigenvalue weighted by Gasteiger charge is -2.43. The summed E-state index contributed by atoms with van der Waals surface area (Å²) in [4.78, 5) is 55.0. The summed E-state index contributed by atoms with van der Waals surface area (Å²) in [5.74, 6) is -0.279. The first-order valence-electron chi connectivity index (χ1n) is 22.4. The summed E-state index contributed by atoms with van der Waals surface area (Å²) < 4.78 is 61.5. The van der Waals surface area contributed by atoms with Gasteiger partial charge in [0, 0.05) is 82.1 Å². The first-order chi connectivity index (χ1) is 31.4. The molecule has 0 bridgehead atoms. The van der Waals surface area contributed by atoms with Crippen LogP contribution >= 0.6 is 11.6 Å². The Labute approximate surface area is 376 Å². The Morgan fingerprint density at radius 2 is 1.75 bits per heavy atom. The van der Waals surface area contributed by atoms with Crippen LogP contribution in [0.4, 0.5) is 34.5 Å². The number of piperazine rings is 1. The predicted octanol–water partition coefficient (Wildman–Crippen LogP) is 4.90. The number of imide groups is 1. The predicted molar refractivity (Wildman–Crippen MR) is 242 cm³/mol. The van der Waals surface area contributed by atoms with E-state index < -0.39 is 29.0 Å². The van der Waals surface area contributed by atoms with E-state index in [-0.39, 0.29) is 52.2 Å². The van der Waals surface area contributed by atoms with Crippen molar-refractivity contribution >= 4 is 73.9 Å². The number of benzene rings is 3. The molecule has 4 N–H and O–H groups in total. The smallest absolute Gasteiger partial charge is 0.255 e. The van der Waals surface area contributed by atoms with Crippen LogP contribution in [0.3, 0.4) is 0 Å². The molecule has 8 rings (SSSR count). The van der Waals surface area contributed by atoms with E-state index in [9.17, 15) is 22.8 Å². The molecule has 0 aliphatic carbocycles. The molecular weight excluding hydrogens is 848 g/mol. The van der Waals surface area contributed by atoms with Gasteiger partial charge in [-0.3, -0.25) is 29.3 Å². The second kappa shape index (κ2) is 18.6. The van der Waals surface area contributed by atoms with Crippen LogP contribution in [-0.2, 0) is 32.6 Å². The average Bonchev–Trinajstić information content (AvgIpc) is 3.59. The lowest BCUT2D eigenvalue weighted by atomic mass is 10.00. The molecule has 63 heavy (non-hydrogen) atoms. The zero-order chi connectivity index (χ0) is 46.9. The molecule has 0 spiro atoms. The van der Waals surface area contributed by atoms with Crippen LogP contribution in [0.1, 0.15) is 56.8 Å². The maximum atomic E-state index is 13.1. The summed E-state index contributed by atoms with van der Waals surface area (Å²) in [7, 11) is -5.01. The first-order valence-corrected chi connectivity index (χ1v) is 23.2. The van der Waals surface area contributed by atoms with Gasteiger partial charge in [0.1, 0.15) is 28.3 Å². The summed E-state index contributed by atoms with van der Waals surface area (Å²) in [5, 5.41) is 8.65. The molecule has 0 saturated carbocycles. The van der Waals surface area contributed by atoms with Gasteiger partial charge in [0.25, 0.3) is 5.91 Å². The molecule has 1 aromatic heterocycles. The van der Waals surface area contributed by atoms with E-state index >= 15 is 0 Å². The number of halogens is 1. The molecule has 4 aliphatic heterocycles. The first kappa shape index (κ1) is 40.1. The van der Waals surface area contributed by atoms with Gasteiger partial charge < -0.3 is 34.8 Å². The Balaban J connectivity index is 0.863. The number of fused-ring (bicyclic) bond motifs is 1. The van der Waals surface area contributed by atoms with Crippen molar-refractivity contribution in [3.63, 3.8) is 0 Å². The quantitative estimate of drug-likeness (QED) is 0.125. The summed E-state index contributed by atoms with van der Waals surface area (Å²) in [6, 6.07) is 14.2. The summed E-state index contributed by atoms with van der Waals surface area (Å²) in [6.07, 6.45) is 5.70. The Hall–Kier alpha value is -5.69. The van der Waals surface area contributed by atoms with E-state index in [1.54, 1.807) is 35.2 Å². The number of sulfonamides is 1. The van der Waals surface area contributed by atoms with E-state index in [0.717, 1.165) is 93.7 Å². The van der Waals surface area contributed by atoms with Crippen molar-refractivity contribution in [1.29, 1.82) is 0 Å². The van der Waals surface area contributed by atoms with Crippen molar-refractivity contribution in [2.24, 2.45) is 0 Å². The second-order valence-corrected chi connectivity index (χ2v) is 18.5. The third-order valence-corrected chi connectivity index (χ3v) is 13.1. The van der Waals surface area contributed by atoms with E-state index in [1.165, 1.54) is 13.3 Å². The molecule has 4 aromatic rings. The normalized spacial score (nSPS) is 19.8. The number of methoxy groups -OCH3 is 2. The highest BCUT2D eigenvalue weighted by atomic mass is 35.5. The van der Waals surface area contributed by atoms with Gasteiger partial charge in [0.2, 0.25) is 27.8 Å². The number of aryl methyl sites for hydroxylation is 1. The van der Waals surface area contributed by atoms with Gasteiger partial charge in [0.15, 0.2) is 5.82 Å². The minimum absolute atomic E-state index is 0.0758. The van der Waals surface area contributed by atoms with Crippen molar-refractivity contribution in [3.05, 3.63) is 82.0 Å². The summed E-state index contributed by atoms with van der Waals surface area (Å²) >= 11 is 6.48. The van der Waals surface area contributed by atoms with Gasteiger partial charge in [0.05, 0.1) is 42.1 Å². The van der Waals surface area contributed by atoms with Crippen molar-refractivity contribution in [2.75, 3.05) is 86.5 Å². The number of rotatable bonds is 14. The maximum absolute atomic E-state index is 13.1. The average molecular weight is 905 g/mol. The minimum Gasteiger partial charge on any atom is -0.494 e. The molecule has 3 aromatic carbocycles. The Morgan fingerprint density at radius 3 is 2.48 bits per heavy atom. The largest absolute Gasteiger partial charge is 0.494 e. The molecule has 0 radical (unpaired) electrons. The van der Waals surface area contributed by atoms with E-state index in [4.69, 9.17) is 25.2 Å². The fraction of sp³-hybridized carbons (Fsp3) is 0.432. The zero-order valence-corrected chi connectivity index (χ0v) is 36.9. The van der Waals surface area contributed by atoms with Gasteiger partial charge in [-0.05, 0) is 73.6 Å². The highest BCUT2D eigenvalue weighted by molar-refractivity contribution is 7.92. The number of ether oxygens (including phenoxy) is 2. The van der Waals surface area contributed by atoms with Crippen molar-refractivity contribution < 1.29 is 36.4 Å². The molecule has 3 amide bonds. The van der Waals surface area contributed by atoms with Gasteiger partial charge in [-0.15, -0.1) is 0 Å². The molecule has 3 saturated heterocycles. The number of nitrogens with zero attached hydrogens (tertiary/aromatic N) is 6. The number of carbonyl (C=O) groups excluding carboxylic acids is 3. The highest BCUT2D eigenvalue weighted by Gasteiger charge is 2.39. The third kappa shape index (κ3) is 9.93. The van der Waals surface area contributed by atoms with Gasteiger partial charge in [-0.2, -0.15) is 4.98 Å². The molecule has 1 unspecified atom stereocenters. The molecule has 3 fully saturated rings. The fourth-order valence-electron chi connectivity index (χ4n) is 8.95. The SMILES string of the molecule is [2H]C([2H])([2H])Oc1cc(N2CCC(N3CCN(CCc4ccc5c(c4)CN(C4CCC(=O)NC4=O)C5=O)CC3)CC2)c(C)cc1Nc1ncc(Cl)c(Nc2cccc(OC)c2NS(C)(=O)=O)n1. The fourth-order valence-corrected chi connectivity index (χ4v) is 9.67. The zero-order valence-electron chi connectivity index (χ0n) is 38.4. The molecule has 4 aliphatic rings. The standard InChI is InChI=1S/C44H53ClN10O7S/c1-27-22-34(48-44-46-25-32(45)41(50-44)47-33-6-5-7-37(61-2)40(33)51-63(4,59)60)38(62-3)24-36(27)54-16-13-30(14-17-54)53-20-18-52(19-21-53)15-12-28-8-9-31-29(23-28)26-55(43(31)58)35-10-11-39(56)49-42(35)57/h5-9,22-25,30,35,51H,10-21,26H2,1-4H3,(H,49,56,57)(H2,46,47,48,50)/i3D3. The highest BCUT2D eigenvalue weighted by Crippen LogP contribution is 2.39. The van der Waals surface area contributed by atoms with Crippen LogP contribution in [0.2, 0.25) is 5.02 Å². The molecule has 5 heterocycles. The number of hydrogen-bond acceptors (Lipinski definition) is 14. The van der Waals surface area contributed by atoms with E-state index in [1.807, 2.05) is 19.1 Å². The molecular formula is C44H53ClN10O7S. The molecule has 1 atom stereocenters. The maximum Gasteiger partial charge on any atom is 0.255 e. The van der Waals surface area contributed by atoms with Crippen LogP contribution in [0, 0.1) is 6.92 Å². The van der Waals surface area contributed by atoms with E-state index in [0.29, 0.717) is 35.9 Å². The number of hydrogen-bond donors (Lipinski definition) is 4. The van der Waals surface area contributed by atoms with Gasteiger partial charge >= 0.3 is 0 Å². The lowest BCUT2D eigenvalue weighted by molar-refractivity contribution is -0.136. The molecule has 17 nitrogen and oxygen atoms in total. The number of amides is 3. The number of para-hydroxylation sites is 1. The number of aromatic nitrogens is 2. The van der Waals surface area contributed by atoms with Crippen molar-refractivity contribution in [3.8, 4) is 11.5 Å². The van der Waals surface area contributed by atoms with Crippen LogP contribution in [0.25, 0.3) is 0 Å².